The fourth-order valence-electron chi connectivity index (χ4n) is 6.64. The molecule has 216 valence electrons. The van der Waals surface area contributed by atoms with Crippen LogP contribution in [0.2, 0.25) is 0 Å². The largest absolute Gasteiger partial charge is 0.497 e. The number of ketones is 1. The van der Waals surface area contributed by atoms with E-state index in [2.05, 4.69) is 17.1 Å². The molecule has 1 spiro atoms. The van der Waals surface area contributed by atoms with E-state index in [1.54, 1.807) is 7.11 Å². The standard InChI is InChI=1S/C31H47N3O5/c1-3-4-20-34-29(37)27(28(36)24-10-6-5-7-11-24)32-30(38)31(34)17-21-33(22-18-31)19-9-8-12-26(35)23-13-15-25(39-2)16-14-23/h13-16,24,27-28,36H,3-12,17-22H2,1-2H3,(H,32,38)/t27-,28-/m1/s1. The molecule has 3 fully saturated rings. The Kier molecular flexibility index (Phi) is 10.4. The van der Waals surface area contributed by atoms with Crippen molar-refractivity contribution in [1.29, 1.82) is 0 Å². The van der Waals surface area contributed by atoms with Gasteiger partial charge in [0.1, 0.15) is 17.3 Å². The number of amides is 2. The first-order valence-corrected chi connectivity index (χ1v) is 15.1. The normalized spacial score (nSPS) is 23.1. The summed E-state index contributed by atoms with van der Waals surface area (Å²) in [6.45, 7) is 5.01. The zero-order chi connectivity index (χ0) is 27.8. The minimum Gasteiger partial charge on any atom is -0.497 e. The van der Waals surface area contributed by atoms with E-state index in [4.69, 9.17) is 4.74 Å². The summed E-state index contributed by atoms with van der Waals surface area (Å²) in [5.74, 6) is 0.763. The molecule has 39 heavy (non-hydrogen) atoms. The number of piperazine rings is 1. The number of aliphatic hydroxyl groups excluding tert-OH is 1. The van der Waals surface area contributed by atoms with Gasteiger partial charge in [-0.25, -0.2) is 0 Å². The van der Waals surface area contributed by atoms with Gasteiger partial charge in [-0.3, -0.25) is 14.4 Å². The predicted octanol–water partition coefficient (Wildman–Crippen LogP) is 3.95. The zero-order valence-corrected chi connectivity index (χ0v) is 23.8. The number of hydrogen-bond donors (Lipinski definition) is 2. The molecule has 1 saturated carbocycles. The van der Waals surface area contributed by atoms with Crippen LogP contribution < -0.4 is 10.1 Å². The SMILES string of the molecule is CCCCN1C(=O)[C@@H]([C@H](O)C2CCCCC2)NC(=O)C12CCN(CCCCC(=O)c1ccc(OC)cc1)CC2. The molecule has 2 N–H and O–H groups in total. The first-order valence-electron chi connectivity index (χ1n) is 15.1. The second kappa shape index (κ2) is 13.8. The van der Waals surface area contributed by atoms with E-state index in [-0.39, 0.29) is 23.5 Å². The van der Waals surface area contributed by atoms with Crippen LogP contribution in [0, 0.1) is 5.92 Å². The van der Waals surface area contributed by atoms with Crippen LogP contribution in [0.3, 0.4) is 0 Å². The minimum absolute atomic E-state index is 0.0773. The average Bonchev–Trinajstić information content (AvgIpc) is 2.98. The monoisotopic (exact) mass is 541 g/mol. The number of methoxy groups -OCH3 is 1. The molecule has 2 saturated heterocycles. The highest BCUT2D eigenvalue weighted by molar-refractivity contribution is 6.00. The zero-order valence-electron chi connectivity index (χ0n) is 23.8. The van der Waals surface area contributed by atoms with E-state index in [9.17, 15) is 19.5 Å². The lowest BCUT2D eigenvalue weighted by atomic mass is 9.78. The Labute approximate surface area is 233 Å². The summed E-state index contributed by atoms with van der Waals surface area (Å²) in [6, 6.07) is 6.41. The first-order chi connectivity index (χ1) is 18.9. The minimum atomic E-state index is -0.829. The molecule has 1 aliphatic carbocycles. The smallest absolute Gasteiger partial charge is 0.248 e. The van der Waals surface area contributed by atoms with Gasteiger partial charge in [-0.15, -0.1) is 0 Å². The molecule has 8 nitrogen and oxygen atoms in total. The van der Waals surface area contributed by atoms with Gasteiger partial charge in [-0.05, 0) is 81.7 Å². The predicted molar refractivity (Wildman–Crippen MR) is 151 cm³/mol. The van der Waals surface area contributed by atoms with Gasteiger partial charge < -0.3 is 25.0 Å². The Morgan fingerprint density at radius 1 is 1.05 bits per heavy atom. The van der Waals surface area contributed by atoms with E-state index in [1.165, 1.54) is 6.42 Å². The highest BCUT2D eigenvalue weighted by Crippen LogP contribution is 2.36. The quantitative estimate of drug-likeness (QED) is 0.307. The number of Topliss-reactive ketones (excluding diaryl/α,β-unsaturated/α-hetero) is 1. The van der Waals surface area contributed by atoms with Crippen LogP contribution in [0.1, 0.15) is 94.3 Å². The number of likely N-dealkylation sites (tertiary alicyclic amines) is 1. The Morgan fingerprint density at radius 3 is 2.38 bits per heavy atom. The lowest BCUT2D eigenvalue weighted by Crippen LogP contribution is -2.75. The van der Waals surface area contributed by atoms with Gasteiger partial charge in [0.15, 0.2) is 5.78 Å². The van der Waals surface area contributed by atoms with Gasteiger partial charge in [0, 0.05) is 31.6 Å². The van der Waals surface area contributed by atoms with Crippen molar-refractivity contribution in [3.8, 4) is 5.75 Å². The van der Waals surface area contributed by atoms with Gasteiger partial charge >= 0.3 is 0 Å². The third-order valence-electron chi connectivity index (χ3n) is 9.19. The third-order valence-corrected chi connectivity index (χ3v) is 9.19. The van der Waals surface area contributed by atoms with Crippen molar-refractivity contribution in [3.05, 3.63) is 29.8 Å². The molecule has 8 heteroatoms. The summed E-state index contributed by atoms with van der Waals surface area (Å²) in [7, 11) is 1.61. The summed E-state index contributed by atoms with van der Waals surface area (Å²) in [5, 5.41) is 14.1. The van der Waals surface area contributed by atoms with Crippen LogP contribution in [-0.2, 0) is 9.59 Å². The molecule has 2 aliphatic heterocycles. The fourth-order valence-corrected chi connectivity index (χ4v) is 6.64. The van der Waals surface area contributed by atoms with Crippen molar-refractivity contribution in [2.45, 2.75) is 102 Å². The highest BCUT2D eigenvalue weighted by atomic mass is 16.5. The number of carbonyl (C=O) groups excluding carboxylic acids is 3. The average molecular weight is 542 g/mol. The number of unbranched alkanes of at least 4 members (excludes halogenated alkanes) is 2. The molecule has 0 radical (unpaired) electrons. The van der Waals surface area contributed by atoms with E-state index >= 15 is 0 Å². The van der Waals surface area contributed by atoms with Crippen molar-refractivity contribution in [1.82, 2.24) is 15.1 Å². The number of ether oxygens (including phenoxy) is 1. The molecule has 3 aliphatic rings. The maximum absolute atomic E-state index is 13.7. The third kappa shape index (κ3) is 6.83. The summed E-state index contributed by atoms with van der Waals surface area (Å²) in [4.78, 5) is 44.1. The summed E-state index contributed by atoms with van der Waals surface area (Å²) >= 11 is 0. The molecule has 1 aromatic carbocycles. The van der Waals surface area contributed by atoms with Gasteiger partial charge in [0.25, 0.3) is 0 Å². The lowest BCUT2D eigenvalue weighted by Gasteiger charge is -2.52. The Bertz CT molecular complexity index is 967. The van der Waals surface area contributed by atoms with Crippen molar-refractivity contribution < 1.29 is 24.2 Å². The Hall–Kier alpha value is -2.45. The van der Waals surface area contributed by atoms with Crippen molar-refractivity contribution in [2.24, 2.45) is 5.92 Å². The topological polar surface area (TPSA) is 99.2 Å². The number of benzene rings is 1. The molecule has 0 bridgehead atoms. The number of aliphatic hydroxyl groups is 1. The molecule has 2 amide bonds. The number of nitrogens with zero attached hydrogens (tertiary/aromatic N) is 2. The van der Waals surface area contributed by atoms with E-state index in [1.807, 2.05) is 29.2 Å². The highest BCUT2D eigenvalue weighted by Gasteiger charge is 2.55. The fraction of sp³-hybridized carbons (Fsp3) is 0.710. The van der Waals surface area contributed by atoms with Gasteiger partial charge in [-0.1, -0.05) is 32.6 Å². The molecule has 2 heterocycles. The molecule has 0 unspecified atom stereocenters. The van der Waals surface area contributed by atoms with Crippen molar-refractivity contribution >= 4 is 17.6 Å². The van der Waals surface area contributed by atoms with Crippen LogP contribution in [0.15, 0.2) is 24.3 Å². The number of piperidine rings is 1. The number of rotatable bonds is 12. The van der Waals surface area contributed by atoms with Crippen LogP contribution in [0.4, 0.5) is 0 Å². The summed E-state index contributed by atoms with van der Waals surface area (Å²) < 4.78 is 5.16. The molecule has 1 aromatic rings. The number of carbonyl (C=O) groups is 3. The molecule has 2 atom stereocenters. The van der Waals surface area contributed by atoms with Crippen LogP contribution in [0.25, 0.3) is 0 Å². The van der Waals surface area contributed by atoms with Crippen molar-refractivity contribution in [2.75, 3.05) is 33.3 Å². The van der Waals surface area contributed by atoms with Crippen LogP contribution in [0.5, 0.6) is 5.75 Å². The molecule has 4 rings (SSSR count). The molecular weight excluding hydrogens is 494 g/mol. The second-order valence-electron chi connectivity index (χ2n) is 11.7. The lowest BCUT2D eigenvalue weighted by molar-refractivity contribution is -0.165. The van der Waals surface area contributed by atoms with E-state index in [0.717, 1.165) is 76.8 Å². The number of hydrogen-bond acceptors (Lipinski definition) is 6. The van der Waals surface area contributed by atoms with Gasteiger partial charge in [0.05, 0.1) is 13.2 Å². The Balaban J connectivity index is 1.30. The maximum atomic E-state index is 13.7. The maximum Gasteiger partial charge on any atom is 0.248 e. The first kappa shape index (κ1) is 29.5. The van der Waals surface area contributed by atoms with E-state index < -0.39 is 17.7 Å². The van der Waals surface area contributed by atoms with Gasteiger partial charge in [0.2, 0.25) is 11.8 Å². The Morgan fingerprint density at radius 2 is 1.74 bits per heavy atom. The van der Waals surface area contributed by atoms with Gasteiger partial charge in [-0.2, -0.15) is 0 Å². The van der Waals surface area contributed by atoms with Crippen LogP contribution in [-0.4, -0.2) is 83.5 Å². The van der Waals surface area contributed by atoms with Crippen molar-refractivity contribution in [3.63, 3.8) is 0 Å². The summed E-state index contributed by atoms with van der Waals surface area (Å²) in [5.41, 5.74) is -0.113. The van der Waals surface area contributed by atoms with Crippen LogP contribution >= 0.6 is 0 Å². The van der Waals surface area contributed by atoms with E-state index in [0.29, 0.717) is 31.4 Å². The molecule has 0 aromatic heterocycles. The summed E-state index contributed by atoms with van der Waals surface area (Å²) in [6.07, 6.45) is 9.58. The number of nitrogens with one attached hydrogen (secondary N) is 1. The molecular formula is C31H47N3O5. The second-order valence-corrected chi connectivity index (χ2v) is 11.7.